The molecule has 1 N–H and O–H groups in total. The van der Waals surface area contributed by atoms with Gasteiger partial charge in [-0.1, -0.05) is 54.0 Å². The van der Waals surface area contributed by atoms with E-state index in [1.54, 1.807) is 26.8 Å². The molecule has 12 heteroatoms. The first-order chi connectivity index (χ1) is 20.2. The highest BCUT2D eigenvalue weighted by Crippen LogP contribution is 2.30. The molecule has 0 amide bonds. The zero-order valence-corrected chi connectivity index (χ0v) is 27.1. The lowest BCUT2D eigenvalue weighted by molar-refractivity contribution is -0.143. The van der Waals surface area contributed by atoms with E-state index in [4.69, 9.17) is 33.2 Å². The van der Waals surface area contributed by atoms with Crippen molar-refractivity contribution < 1.29 is 52.3 Å². The summed E-state index contributed by atoms with van der Waals surface area (Å²) in [4.78, 5) is 49.5. The third-order valence-electron chi connectivity index (χ3n) is 6.89. The largest absolute Gasteiger partial charge is 0.514 e. The first-order valence-corrected chi connectivity index (χ1v) is 14.7. The predicted octanol–water partition coefficient (Wildman–Crippen LogP) is 6.07. The third kappa shape index (κ3) is 14.5. The summed E-state index contributed by atoms with van der Waals surface area (Å²) in [6.45, 7) is 17.0. The summed E-state index contributed by atoms with van der Waals surface area (Å²) in [5.74, 6) is -0.418. The van der Waals surface area contributed by atoms with Gasteiger partial charge in [-0.3, -0.25) is 4.79 Å². The van der Waals surface area contributed by atoms with Crippen LogP contribution in [-0.2, 0) is 34.9 Å². The second-order valence-electron chi connectivity index (χ2n) is 11.3. The average Bonchev–Trinajstić information content (AvgIpc) is 2.94. The molecule has 0 radical (unpaired) electrons. The maximum Gasteiger partial charge on any atom is 0.514 e. The standard InChI is InChI=1S/C31H49NO11/c1-11-20(6)17-38-29(34)39-21(7)16-32-25(28(33)37-10)14-24-12-13-26(42-30(35)40-22(8)18(2)3)27(15-24)43-31(36)41-23(9)19(4)5/h12-13,15,18-23,25,32H,11,14,16-17H2,1-10H3/t20?,21?,22?,23?,25-/m0/s1. The van der Waals surface area contributed by atoms with E-state index < -0.39 is 48.8 Å². The van der Waals surface area contributed by atoms with Crippen LogP contribution in [0.15, 0.2) is 18.2 Å². The lowest BCUT2D eigenvalue weighted by atomic mass is 10.0. The van der Waals surface area contributed by atoms with E-state index in [-0.39, 0.29) is 48.8 Å². The number of carbonyl (C=O) groups is 4. The van der Waals surface area contributed by atoms with Crippen molar-refractivity contribution in [1.29, 1.82) is 0 Å². The number of hydrogen-bond acceptors (Lipinski definition) is 12. The van der Waals surface area contributed by atoms with Gasteiger partial charge in [0.05, 0.1) is 13.7 Å². The Morgan fingerprint density at radius 3 is 1.84 bits per heavy atom. The lowest BCUT2D eigenvalue weighted by Gasteiger charge is -2.21. The van der Waals surface area contributed by atoms with E-state index in [1.165, 1.54) is 19.2 Å². The summed E-state index contributed by atoms with van der Waals surface area (Å²) in [5, 5.41) is 3.03. The van der Waals surface area contributed by atoms with E-state index in [9.17, 15) is 19.2 Å². The Bertz CT molecular complexity index is 1040. The minimum atomic E-state index is -0.985. The number of ether oxygens (including phenoxy) is 7. The fourth-order valence-electron chi connectivity index (χ4n) is 3.14. The Morgan fingerprint density at radius 2 is 1.33 bits per heavy atom. The van der Waals surface area contributed by atoms with Crippen molar-refractivity contribution in [2.75, 3.05) is 20.3 Å². The number of carbonyl (C=O) groups excluding carboxylic acids is 4. The minimum Gasteiger partial charge on any atom is -0.468 e. The number of benzene rings is 1. The predicted molar refractivity (Wildman–Crippen MR) is 158 cm³/mol. The highest BCUT2D eigenvalue weighted by atomic mass is 16.8. The van der Waals surface area contributed by atoms with Gasteiger partial charge in [-0.25, -0.2) is 14.4 Å². The molecule has 0 aromatic heterocycles. The van der Waals surface area contributed by atoms with Crippen LogP contribution < -0.4 is 14.8 Å². The van der Waals surface area contributed by atoms with E-state index in [0.717, 1.165) is 6.42 Å². The van der Waals surface area contributed by atoms with Gasteiger partial charge >= 0.3 is 24.4 Å². The van der Waals surface area contributed by atoms with Crippen LogP contribution in [0.4, 0.5) is 14.4 Å². The fourth-order valence-corrected chi connectivity index (χ4v) is 3.14. The smallest absolute Gasteiger partial charge is 0.468 e. The van der Waals surface area contributed by atoms with Gasteiger partial charge in [0.25, 0.3) is 0 Å². The normalized spacial score (nSPS) is 14.6. The highest BCUT2D eigenvalue weighted by Gasteiger charge is 2.25. The molecule has 12 nitrogen and oxygen atoms in total. The fraction of sp³-hybridized carbons (Fsp3) is 0.677. The molecule has 0 saturated heterocycles. The number of esters is 1. The molecule has 244 valence electrons. The van der Waals surface area contributed by atoms with Crippen LogP contribution >= 0.6 is 0 Å². The van der Waals surface area contributed by atoms with Crippen molar-refractivity contribution >= 4 is 24.4 Å². The molecular formula is C31H49NO11. The summed E-state index contributed by atoms with van der Waals surface area (Å²) in [6.07, 6.45) is -3.22. The van der Waals surface area contributed by atoms with Crippen molar-refractivity contribution in [2.45, 2.75) is 99.5 Å². The average molecular weight is 612 g/mol. The van der Waals surface area contributed by atoms with E-state index in [0.29, 0.717) is 5.56 Å². The number of methoxy groups -OCH3 is 1. The van der Waals surface area contributed by atoms with Crippen LogP contribution in [0.3, 0.4) is 0 Å². The highest BCUT2D eigenvalue weighted by molar-refractivity contribution is 5.76. The Labute approximate surface area is 255 Å². The second-order valence-corrected chi connectivity index (χ2v) is 11.3. The van der Waals surface area contributed by atoms with Gasteiger partial charge in [0, 0.05) is 6.54 Å². The van der Waals surface area contributed by atoms with Crippen LogP contribution in [0.25, 0.3) is 0 Å². The SMILES string of the molecule is CCC(C)COC(=O)OC(C)CN[C@@H](Cc1ccc(OC(=O)OC(C)C(C)C)c(OC(=O)OC(C)C(C)C)c1)C(=O)OC. The number of nitrogens with one attached hydrogen (secondary N) is 1. The molecule has 43 heavy (non-hydrogen) atoms. The summed E-state index contributed by atoms with van der Waals surface area (Å²) < 4.78 is 36.7. The minimum absolute atomic E-state index is 0.0436. The Morgan fingerprint density at radius 1 is 0.767 bits per heavy atom. The zero-order chi connectivity index (χ0) is 32.7. The van der Waals surface area contributed by atoms with Crippen molar-refractivity contribution in [1.82, 2.24) is 5.32 Å². The van der Waals surface area contributed by atoms with Crippen molar-refractivity contribution in [2.24, 2.45) is 17.8 Å². The van der Waals surface area contributed by atoms with Crippen LogP contribution in [0, 0.1) is 17.8 Å². The Balaban J connectivity index is 3.07. The van der Waals surface area contributed by atoms with Gasteiger partial charge in [-0.2, -0.15) is 0 Å². The topological polar surface area (TPSA) is 145 Å². The van der Waals surface area contributed by atoms with Crippen LogP contribution in [0.5, 0.6) is 11.5 Å². The summed E-state index contributed by atoms with van der Waals surface area (Å²) in [6, 6.07) is 3.64. The molecular weight excluding hydrogens is 562 g/mol. The molecule has 5 atom stereocenters. The third-order valence-corrected chi connectivity index (χ3v) is 6.89. The van der Waals surface area contributed by atoms with E-state index in [1.807, 2.05) is 41.5 Å². The van der Waals surface area contributed by atoms with Gasteiger partial charge < -0.3 is 38.5 Å². The van der Waals surface area contributed by atoms with E-state index in [2.05, 4.69) is 5.32 Å². The van der Waals surface area contributed by atoms with Crippen molar-refractivity contribution in [3.05, 3.63) is 23.8 Å². The van der Waals surface area contributed by atoms with Gasteiger partial charge in [0.15, 0.2) is 11.5 Å². The first-order valence-electron chi connectivity index (χ1n) is 14.7. The van der Waals surface area contributed by atoms with Crippen LogP contribution in [0.2, 0.25) is 0 Å². The molecule has 0 aliphatic rings. The van der Waals surface area contributed by atoms with Gasteiger partial charge in [0.1, 0.15) is 24.4 Å². The molecule has 1 aromatic rings. The van der Waals surface area contributed by atoms with E-state index >= 15 is 0 Å². The Hall–Kier alpha value is -3.54. The maximum absolute atomic E-state index is 12.6. The van der Waals surface area contributed by atoms with Gasteiger partial charge in [0.2, 0.25) is 0 Å². The number of hydrogen-bond donors (Lipinski definition) is 1. The van der Waals surface area contributed by atoms with Gasteiger partial charge in [-0.15, -0.1) is 0 Å². The molecule has 0 saturated carbocycles. The molecule has 0 heterocycles. The maximum atomic E-state index is 12.6. The second kappa shape index (κ2) is 18.9. The van der Waals surface area contributed by atoms with Crippen molar-refractivity contribution in [3.63, 3.8) is 0 Å². The quantitative estimate of drug-likeness (QED) is 0.132. The van der Waals surface area contributed by atoms with Gasteiger partial charge in [-0.05, 0) is 62.6 Å². The van der Waals surface area contributed by atoms with Crippen molar-refractivity contribution in [3.8, 4) is 11.5 Å². The number of rotatable bonds is 16. The molecule has 0 spiro atoms. The van der Waals surface area contributed by atoms with Crippen LogP contribution in [0.1, 0.15) is 74.3 Å². The zero-order valence-electron chi connectivity index (χ0n) is 27.1. The Kier molecular flexibility index (Phi) is 16.5. The lowest BCUT2D eigenvalue weighted by Crippen LogP contribution is -2.43. The molecule has 0 bridgehead atoms. The monoisotopic (exact) mass is 611 g/mol. The van der Waals surface area contributed by atoms with Crippen LogP contribution in [-0.4, -0.2) is 69.1 Å². The molecule has 1 aromatic carbocycles. The molecule has 0 aliphatic heterocycles. The first kappa shape index (κ1) is 37.5. The molecule has 4 unspecified atom stereocenters. The summed E-state index contributed by atoms with van der Waals surface area (Å²) in [5.41, 5.74) is 0.542. The molecule has 0 aliphatic carbocycles. The molecule has 0 fully saturated rings. The summed E-state index contributed by atoms with van der Waals surface area (Å²) >= 11 is 0. The summed E-state index contributed by atoms with van der Waals surface area (Å²) in [7, 11) is 1.25. The molecule has 1 rings (SSSR count).